The summed E-state index contributed by atoms with van der Waals surface area (Å²) in [5.41, 5.74) is 0.421. The van der Waals surface area contributed by atoms with Crippen LogP contribution < -0.4 is 5.32 Å². The van der Waals surface area contributed by atoms with E-state index in [2.05, 4.69) is 41.6 Å². The Labute approximate surface area is 125 Å². The SMILES string of the molecule is CCCC1(CN2C(=O)C(CC)NC2c2cccs2)CC1. The van der Waals surface area contributed by atoms with Crippen LogP contribution in [0.5, 0.6) is 0 Å². The van der Waals surface area contributed by atoms with Gasteiger partial charge >= 0.3 is 0 Å². The van der Waals surface area contributed by atoms with E-state index in [0.717, 1.165) is 13.0 Å². The Morgan fingerprint density at radius 1 is 1.45 bits per heavy atom. The fraction of sp³-hybridized carbons (Fsp3) is 0.688. The number of carbonyl (C=O) groups is 1. The zero-order valence-electron chi connectivity index (χ0n) is 12.4. The molecule has 2 unspecified atom stereocenters. The minimum Gasteiger partial charge on any atom is -0.320 e. The summed E-state index contributed by atoms with van der Waals surface area (Å²) in [6, 6.07) is 4.21. The van der Waals surface area contributed by atoms with Crippen molar-refractivity contribution in [3.8, 4) is 0 Å². The normalized spacial score (nSPS) is 28.1. The van der Waals surface area contributed by atoms with Crippen LogP contribution in [0.3, 0.4) is 0 Å². The van der Waals surface area contributed by atoms with Crippen LogP contribution in [0, 0.1) is 5.41 Å². The van der Waals surface area contributed by atoms with Gasteiger partial charge in [-0.05, 0) is 42.5 Å². The van der Waals surface area contributed by atoms with E-state index in [0.29, 0.717) is 11.3 Å². The van der Waals surface area contributed by atoms with Crippen molar-refractivity contribution in [1.29, 1.82) is 0 Å². The fourth-order valence-corrected chi connectivity index (χ4v) is 4.17. The van der Waals surface area contributed by atoms with E-state index in [1.165, 1.54) is 30.6 Å². The number of amides is 1. The Balaban J connectivity index is 1.79. The van der Waals surface area contributed by atoms with Crippen molar-refractivity contribution in [2.75, 3.05) is 6.54 Å². The molecule has 0 bridgehead atoms. The van der Waals surface area contributed by atoms with Gasteiger partial charge in [-0.1, -0.05) is 26.3 Å². The molecule has 2 heterocycles. The van der Waals surface area contributed by atoms with E-state index in [1.54, 1.807) is 11.3 Å². The maximum Gasteiger partial charge on any atom is 0.241 e. The van der Waals surface area contributed by atoms with E-state index in [-0.39, 0.29) is 12.2 Å². The highest BCUT2D eigenvalue weighted by Gasteiger charge is 2.48. The van der Waals surface area contributed by atoms with Gasteiger partial charge in [0.15, 0.2) is 0 Å². The van der Waals surface area contributed by atoms with Gasteiger partial charge in [0.25, 0.3) is 0 Å². The van der Waals surface area contributed by atoms with Crippen LogP contribution in [0.4, 0.5) is 0 Å². The zero-order chi connectivity index (χ0) is 14.2. The van der Waals surface area contributed by atoms with Crippen molar-refractivity contribution in [2.45, 2.75) is 58.2 Å². The van der Waals surface area contributed by atoms with Crippen LogP contribution in [0.15, 0.2) is 17.5 Å². The smallest absolute Gasteiger partial charge is 0.241 e. The molecule has 1 aliphatic heterocycles. The zero-order valence-corrected chi connectivity index (χ0v) is 13.2. The lowest BCUT2D eigenvalue weighted by Crippen LogP contribution is -2.35. The Hall–Kier alpha value is -0.870. The molecule has 2 aliphatic rings. The van der Waals surface area contributed by atoms with Crippen molar-refractivity contribution in [3.05, 3.63) is 22.4 Å². The van der Waals surface area contributed by atoms with Crippen molar-refractivity contribution in [3.63, 3.8) is 0 Å². The quantitative estimate of drug-likeness (QED) is 0.870. The number of nitrogens with one attached hydrogen (secondary N) is 1. The molecule has 3 nitrogen and oxygen atoms in total. The topological polar surface area (TPSA) is 32.3 Å². The Bertz CT molecular complexity index is 467. The van der Waals surface area contributed by atoms with E-state index < -0.39 is 0 Å². The van der Waals surface area contributed by atoms with Gasteiger partial charge in [-0.2, -0.15) is 0 Å². The summed E-state index contributed by atoms with van der Waals surface area (Å²) in [4.78, 5) is 16.0. The third kappa shape index (κ3) is 2.51. The summed E-state index contributed by atoms with van der Waals surface area (Å²) in [6.45, 7) is 5.27. The number of hydrogen-bond donors (Lipinski definition) is 1. The molecule has 4 heteroatoms. The highest BCUT2D eigenvalue weighted by Crippen LogP contribution is 2.51. The predicted molar refractivity (Wildman–Crippen MR) is 82.6 cm³/mol. The molecule has 1 saturated carbocycles. The van der Waals surface area contributed by atoms with E-state index >= 15 is 0 Å². The van der Waals surface area contributed by atoms with Crippen LogP contribution in [0.2, 0.25) is 0 Å². The third-order valence-corrected chi connectivity index (χ3v) is 5.64. The lowest BCUT2D eigenvalue weighted by Gasteiger charge is -2.28. The molecule has 1 aromatic rings. The minimum absolute atomic E-state index is 0.000438. The van der Waals surface area contributed by atoms with Crippen LogP contribution in [-0.2, 0) is 4.79 Å². The number of rotatable bonds is 6. The molecule has 1 aromatic heterocycles. The molecule has 3 rings (SSSR count). The standard InChI is InChI=1S/C16H24N2OS/c1-3-7-16(8-9-16)11-18-14(13-6-5-10-20-13)17-12(4-2)15(18)19/h5-6,10,12,14,17H,3-4,7-9,11H2,1-2H3. The maximum atomic E-state index is 12.6. The first-order valence-electron chi connectivity index (χ1n) is 7.79. The fourth-order valence-electron chi connectivity index (χ4n) is 3.38. The van der Waals surface area contributed by atoms with E-state index in [1.807, 2.05) is 0 Å². The second kappa shape index (κ2) is 5.49. The second-order valence-electron chi connectivity index (χ2n) is 6.26. The highest BCUT2D eigenvalue weighted by molar-refractivity contribution is 7.10. The maximum absolute atomic E-state index is 12.6. The van der Waals surface area contributed by atoms with Crippen molar-refractivity contribution in [1.82, 2.24) is 10.2 Å². The first-order valence-corrected chi connectivity index (χ1v) is 8.67. The van der Waals surface area contributed by atoms with Gasteiger partial charge < -0.3 is 4.90 Å². The van der Waals surface area contributed by atoms with Gasteiger partial charge in [0.2, 0.25) is 5.91 Å². The molecule has 0 aromatic carbocycles. The van der Waals surface area contributed by atoms with Gasteiger partial charge in [0, 0.05) is 11.4 Å². The van der Waals surface area contributed by atoms with Gasteiger partial charge in [-0.3, -0.25) is 10.1 Å². The first kappa shape index (κ1) is 14.1. The molecule has 0 radical (unpaired) electrons. The minimum atomic E-state index is -0.000438. The molecule has 2 atom stereocenters. The summed E-state index contributed by atoms with van der Waals surface area (Å²) in [5.74, 6) is 0.299. The summed E-state index contributed by atoms with van der Waals surface area (Å²) in [6.07, 6.45) is 6.03. The lowest BCUT2D eigenvalue weighted by atomic mass is 9.99. The van der Waals surface area contributed by atoms with Crippen molar-refractivity contribution in [2.24, 2.45) is 5.41 Å². The van der Waals surface area contributed by atoms with Crippen molar-refractivity contribution >= 4 is 17.2 Å². The van der Waals surface area contributed by atoms with Crippen LogP contribution in [0.1, 0.15) is 57.0 Å². The largest absolute Gasteiger partial charge is 0.320 e. The number of hydrogen-bond acceptors (Lipinski definition) is 3. The summed E-state index contributed by atoms with van der Waals surface area (Å²) < 4.78 is 0. The molecule has 1 amide bonds. The summed E-state index contributed by atoms with van der Waals surface area (Å²) in [5, 5.41) is 5.62. The monoisotopic (exact) mass is 292 g/mol. The Kier molecular flexibility index (Phi) is 3.87. The predicted octanol–water partition coefficient (Wildman–Crippen LogP) is 3.54. The number of nitrogens with zero attached hydrogens (tertiary/aromatic N) is 1. The molecule has 0 spiro atoms. The molecule has 110 valence electrons. The molecule has 20 heavy (non-hydrogen) atoms. The number of carbonyl (C=O) groups excluding carboxylic acids is 1. The average Bonchev–Trinajstić information content (AvgIpc) is 2.88. The molecular formula is C16H24N2OS. The Morgan fingerprint density at radius 3 is 2.80 bits per heavy atom. The molecule has 1 aliphatic carbocycles. The van der Waals surface area contributed by atoms with E-state index in [4.69, 9.17) is 0 Å². The van der Waals surface area contributed by atoms with Crippen LogP contribution >= 0.6 is 11.3 Å². The van der Waals surface area contributed by atoms with Crippen LogP contribution in [0.25, 0.3) is 0 Å². The van der Waals surface area contributed by atoms with Gasteiger partial charge in [-0.25, -0.2) is 0 Å². The van der Waals surface area contributed by atoms with Gasteiger partial charge in [-0.15, -0.1) is 11.3 Å². The third-order valence-electron chi connectivity index (χ3n) is 4.72. The summed E-state index contributed by atoms with van der Waals surface area (Å²) in [7, 11) is 0. The van der Waals surface area contributed by atoms with E-state index in [9.17, 15) is 4.79 Å². The number of thiophene rings is 1. The second-order valence-corrected chi connectivity index (χ2v) is 7.24. The van der Waals surface area contributed by atoms with Gasteiger partial charge in [0.1, 0.15) is 6.17 Å². The van der Waals surface area contributed by atoms with Crippen molar-refractivity contribution < 1.29 is 4.79 Å². The average molecular weight is 292 g/mol. The van der Waals surface area contributed by atoms with Crippen LogP contribution in [-0.4, -0.2) is 23.4 Å². The van der Waals surface area contributed by atoms with Gasteiger partial charge in [0.05, 0.1) is 6.04 Å². The summed E-state index contributed by atoms with van der Waals surface area (Å²) >= 11 is 1.74. The lowest BCUT2D eigenvalue weighted by molar-refractivity contribution is -0.131. The molecule has 1 N–H and O–H groups in total. The molecule has 1 saturated heterocycles. The molecular weight excluding hydrogens is 268 g/mol. The highest BCUT2D eigenvalue weighted by atomic mass is 32.1. The first-order chi connectivity index (χ1) is 9.69. The Morgan fingerprint density at radius 2 is 2.25 bits per heavy atom. The molecule has 2 fully saturated rings.